The van der Waals surface area contributed by atoms with Gasteiger partial charge in [0.05, 0.1) is 18.3 Å². The molecule has 3 rings (SSSR count). The van der Waals surface area contributed by atoms with Crippen molar-refractivity contribution in [3.8, 4) is 5.75 Å². The molecule has 0 saturated carbocycles. The topological polar surface area (TPSA) is 74.7 Å². The van der Waals surface area contributed by atoms with Crippen molar-refractivity contribution in [1.29, 1.82) is 0 Å². The number of aliphatic hydroxyl groups is 1. The van der Waals surface area contributed by atoms with E-state index in [-0.39, 0.29) is 23.4 Å². The van der Waals surface area contributed by atoms with Crippen LogP contribution in [0.1, 0.15) is 31.2 Å². The van der Waals surface area contributed by atoms with Crippen molar-refractivity contribution in [3.05, 3.63) is 70.3 Å². The van der Waals surface area contributed by atoms with Gasteiger partial charge in [-0.2, -0.15) is 13.2 Å². The number of H-pyrrole nitrogens is 1. The average Bonchev–Trinajstić information content (AvgIpc) is 2.75. The third-order valence-corrected chi connectivity index (χ3v) is 5.34. The summed E-state index contributed by atoms with van der Waals surface area (Å²) in [6.07, 6.45) is -5.04. The first-order chi connectivity index (χ1) is 15.1. The van der Waals surface area contributed by atoms with Crippen molar-refractivity contribution in [2.45, 2.75) is 37.5 Å². The molecule has 0 saturated heterocycles. The lowest BCUT2D eigenvalue weighted by Gasteiger charge is -2.31. The summed E-state index contributed by atoms with van der Waals surface area (Å²) in [5.41, 5.74) is -2.68. The van der Waals surface area contributed by atoms with E-state index in [4.69, 9.17) is 4.74 Å². The SMILES string of the molecule is CCC(CC(O)(/C=N/c1cccc2[nH]c(=O)ccc12)C(F)(F)F)c1ccc(F)cc1OC. The predicted molar refractivity (Wildman–Crippen MR) is 114 cm³/mol. The predicted octanol–water partition coefficient (Wildman–Crippen LogP) is 5.26. The first kappa shape index (κ1) is 23.5. The number of halogens is 4. The van der Waals surface area contributed by atoms with Crippen LogP contribution in [-0.2, 0) is 0 Å². The highest BCUT2D eigenvalue weighted by molar-refractivity contribution is 5.91. The lowest BCUT2D eigenvalue weighted by molar-refractivity contribution is -0.232. The molecule has 0 aliphatic rings. The van der Waals surface area contributed by atoms with Crippen LogP contribution >= 0.6 is 0 Å². The Morgan fingerprint density at radius 1 is 1.19 bits per heavy atom. The molecule has 5 nitrogen and oxygen atoms in total. The molecule has 0 fully saturated rings. The first-order valence-corrected chi connectivity index (χ1v) is 9.88. The molecule has 0 aliphatic heterocycles. The third kappa shape index (κ3) is 4.83. The summed E-state index contributed by atoms with van der Waals surface area (Å²) in [6.45, 7) is 1.67. The van der Waals surface area contributed by atoms with E-state index >= 15 is 0 Å². The Labute approximate surface area is 181 Å². The van der Waals surface area contributed by atoms with E-state index in [1.165, 1.54) is 37.4 Å². The summed E-state index contributed by atoms with van der Waals surface area (Å²) in [7, 11) is 1.30. The summed E-state index contributed by atoms with van der Waals surface area (Å²) in [5, 5.41) is 11.1. The number of benzene rings is 2. The van der Waals surface area contributed by atoms with Crippen LogP contribution in [-0.4, -0.2) is 35.2 Å². The molecule has 2 atom stereocenters. The second-order valence-electron chi connectivity index (χ2n) is 7.44. The number of aromatic nitrogens is 1. The van der Waals surface area contributed by atoms with Gasteiger partial charge in [0.15, 0.2) is 5.60 Å². The van der Waals surface area contributed by atoms with Crippen LogP contribution in [0, 0.1) is 5.82 Å². The largest absolute Gasteiger partial charge is 0.496 e. The monoisotopic (exact) mass is 450 g/mol. The van der Waals surface area contributed by atoms with E-state index in [2.05, 4.69) is 9.98 Å². The van der Waals surface area contributed by atoms with E-state index in [0.717, 1.165) is 12.1 Å². The zero-order valence-corrected chi connectivity index (χ0v) is 17.4. The van der Waals surface area contributed by atoms with Gasteiger partial charge in [0, 0.05) is 23.7 Å². The number of hydrogen-bond donors (Lipinski definition) is 2. The zero-order chi connectivity index (χ0) is 23.5. The fraction of sp³-hybridized carbons (Fsp3) is 0.304. The molecule has 170 valence electrons. The van der Waals surface area contributed by atoms with Gasteiger partial charge >= 0.3 is 6.18 Å². The molecule has 0 spiro atoms. The Hall–Kier alpha value is -3.20. The molecule has 2 unspecified atom stereocenters. The molecule has 0 amide bonds. The summed E-state index contributed by atoms with van der Waals surface area (Å²) in [5.74, 6) is -1.26. The number of alkyl halides is 3. The Morgan fingerprint density at radius 3 is 2.59 bits per heavy atom. The molecule has 0 bridgehead atoms. The summed E-state index contributed by atoms with van der Waals surface area (Å²) in [4.78, 5) is 18.0. The Morgan fingerprint density at radius 2 is 1.94 bits per heavy atom. The molecular formula is C23H22F4N2O3. The fourth-order valence-corrected chi connectivity index (χ4v) is 3.57. The minimum atomic E-state index is -5.02. The van der Waals surface area contributed by atoms with E-state index in [1.807, 2.05) is 0 Å². The van der Waals surface area contributed by atoms with E-state index in [9.17, 15) is 27.5 Å². The highest BCUT2D eigenvalue weighted by atomic mass is 19.4. The van der Waals surface area contributed by atoms with Gasteiger partial charge in [-0.1, -0.05) is 19.1 Å². The van der Waals surface area contributed by atoms with Crippen molar-refractivity contribution in [1.82, 2.24) is 4.98 Å². The summed E-state index contributed by atoms with van der Waals surface area (Å²) >= 11 is 0. The van der Waals surface area contributed by atoms with Gasteiger partial charge < -0.3 is 14.8 Å². The van der Waals surface area contributed by atoms with E-state index in [0.29, 0.717) is 22.7 Å². The van der Waals surface area contributed by atoms with Gasteiger partial charge in [-0.25, -0.2) is 4.39 Å². The minimum Gasteiger partial charge on any atom is -0.496 e. The van der Waals surface area contributed by atoms with Crippen molar-refractivity contribution in [2.24, 2.45) is 4.99 Å². The lowest BCUT2D eigenvalue weighted by Crippen LogP contribution is -2.47. The third-order valence-electron chi connectivity index (χ3n) is 5.34. The quantitative estimate of drug-likeness (QED) is 0.381. The molecule has 32 heavy (non-hydrogen) atoms. The van der Waals surface area contributed by atoms with Gasteiger partial charge in [0.2, 0.25) is 5.56 Å². The lowest BCUT2D eigenvalue weighted by atomic mass is 9.84. The Kier molecular flexibility index (Phi) is 6.68. The molecule has 0 radical (unpaired) electrons. The zero-order valence-electron chi connectivity index (χ0n) is 17.4. The Bertz CT molecular complexity index is 1190. The highest BCUT2D eigenvalue weighted by Crippen LogP contribution is 2.41. The first-order valence-electron chi connectivity index (χ1n) is 9.88. The average molecular weight is 450 g/mol. The second-order valence-corrected chi connectivity index (χ2v) is 7.44. The molecule has 3 aromatic rings. The number of ether oxygens (including phenoxy) is 1. The standard InChI is InChI=1S/C23H22F4N2O3/c1-3-14(16-8-7-15(24)11-20(16)32-2)12-22(31,23(25,26)27)13-28-18-5-4-6-19-17(18)9-10-21(30)29-19/h4-11,13-14,31H,3,12H2,1-2H3,(H,29,30)/b28-13+. The van der Waals surface area contributed by atoms with Crippen molar-refractivity contribution in [2.75, 3.05) is 7.11 Å². The van der Waals surface area contributed by atoms with Crippen LogP contribution in [0.4, 0.5) is 23.2 Å². The normalized spacial score (nSPS) is 15.1. The number of rotatable bonds is 7. The van der Waals surface area contributed by atoms with Crippen LogP contribution < -0.4 is 10.3 Å². The number of fused-ring (bicyclic) bond motifs is 1. The van der Waals surface area contributed by atoms with Crippen LogP contribution in [0.2, 0.25) is 0 Å². The maximum Gasteiger partial charge on any atom is 0.422 e. The number of aliphatic imine (C=N–C) groups is 1. The van der Waals surface area contributed by atoms with Crippen LogP contribution in [0.5, 0.6) is 5.75 Å². The van der Waals surface area contributed by atoms with E-state index < -0.39 is 29.9 Å². The van der Waals surface area contributed by atoms with Crippen molar-refractivity contribution in [3.63, 3.8) is 0 Å². The number of nitrogens with zero attached hydrogens (tertiary/aromatic N) is 1. The molecule has 2 N–H and O–H groups in total. The molecule has 1 aromatic heterocycles. The smallest absolute Gasteiger partial charge is 0.422 e. The van der Waals surface area contributed by atoms with Crippen LogP contribution in [0.15, 0.2) is 58.3 Å². The van der Waals surface area contributed by atoms with Gasteiger partial charge in [-0.3, -0.25) is 9.79 Å². The van der Waals surface area contributed by atoms with Crippen molar-refractivity contribution < 1.29 is 27.4 Å². The number of methoxy groups -OCH3 is 1. The summed E-state index contributed by atoms with van der Waals surface area (Å²) < 4.78 is 60.5. The van der Waals surface area contributed by atoms with Crippen LogP contribution in [0.25, 0.3) is 10.9 Å². The number of aromatic amines is 1. The molecular weight excluding hydrogens is 428 g/mol. The van der Waals surface area contributed by atoms with Gasteiger partial charge in [-0.15, -0.1) is 0 Å². The summed E-state index contributed by atoms with van der Waals surface area (Å²) in [6, 6.07) is 10.9. The molecule has 9 heteroatoms. The van der Waals surface area contributed by atoms with Crippen LogP contribution in [0.3, 0.4) is 0 Å². The number of pyridine rings is 1. The minimum absolute atomic E-state index is 0.108. The van der Waals surface area contributed by atoms with Gasteiger partial charge in [-0.05, 0) is 48.6 Å². The maximum absolute atomic E-state index is 14.0. The van der Waals surface area contributed by atoms with Gasteiger partial charge in [0.25, 0.3) is 0 Å². The van der Waals surface area contributed by atoms with Crippen molar-refractivity contribution >= 4 is 22.8 Å². The number of nitrogens with one attached hydrogen (secondary N) is 1. The second kappa shape index (κ2) is 9.12. The maximum atomic E-state index is 14.0. The number of hydrogen-bond acceptors (Lipinski definition) is 4. The van der Waals surface area contributed by atoms with Gasteiger partial charge in [0.1, 0.15) is 11.6 Å². The molecule has 2 aromatic carbocycles. The van der Waals surface area contributed by atoms with E-state index in [1.54, 1.807) is 13.0 Å². The Balaban J connectivity index is 2.01. The molecule has 1 heterocycles. The highest BCUT2D eigenvalue weighted by Gasteiger charge is 2.53. The molecule has 0 aliphatic carbocycles. The fourth-order valence-electron chi connectivity index (χ4n) is 3.57.